The van der Waals surface area contributed by atoms with Gasteiger partial charge < -0.3 is 4.57 Å². The Bertz CT molecular complexity index is 1300. The summed E-state index contributed by atoms with van der Waals surface area (Å²) in [6.45, 7) is 7.41. The minimum absolute atomic E-state index is 0.150. The molecule has 0 saturated carbocycles. The summed E-state index contributed by atoms with van der Waals surface area (Å²) < 4.78 is 15.6. The number of carbonyl (C=O) groups excluding carboxylic acids is 3. The number of hydrogen-bond acceptors (Lipinski definition) is 3. The molecule has 1 N–H and O–H groups in total. The molecule has 3 aromatic rings. The largest absolute Gasteiger partial charge is 0.335 e. The zero-order valence-corrected chi connectivity index (χ0v) is 18.2. The van der Waals surface area contributed by atoms with Crippen molar-refractivity contribution in [2.75, 3.05) is 4.90 Å². The maximum Gasteiger partial charge on any atom is 0.335 e. The summed E-state index contributed by atoms with van der Waals surface area (Å²) in [5.41, 5.74) is 4.83. The predicted molar refractivity (Wildman–Crippen MR) is 120 cm³/mol. The lowest BCUT2D eigenvalue weighted by molar-refractivity contribution is -0.122. The molecule has 32 heavy (non-hydrogen) atoms. The highest BCUT2D eigenvalue weighted by molar-refractivity contribution is 6.39. The lowest BCUT2D eigenvalue weighted by atomic mass is 10.1. The SMILES string of the molecule is Cc1cc(C)cc(N2C(=O)NC(=O)/C(=C\c3cc(C)n(-c4cccc(F)c4)c3C)C2=O)c1. The van der Waals surface area contributed by atoms with Crippen molar-refractivity contribution in [3.05, 3.63) is 88.0 Å². The molecule has 1 aliphatic heterocycles. The highest BCUT2D eigenvalue weighted by atomic mass is 19.1. The van der Waals surface area contributed by atoms with Crippen LogP contribution in [0.25, 0.3) is 11.8 Å². The normalized spacial score (nSPS) is 15.5. The van der Waals surface area contributed by atoms with Gasteiger partial charge in [0, 0.05) is 17.1 Å². The van der Waals surface area contributed by atoms with E-state index in [1.807, 2.05) is 44.4 Å². The quantitative estimate of drug-likeness (QED) is 0.490. The topological polar surface area (TPSA) is 71.4 Å². The molecule has 1 saturated heterocycles. The van der Waals surface area contributed by atoms with Crippen molar-refractivity contribution in [3.8, 4) is 5.69 Å². The Labute approximate surface area is 185 Å². The van der Waals surface area contributed by atoms with Gasteiger partial charge in [0.2, 0.25) is 0 Å². The predicted octanol–water partition coefficient (Wildman–Crippen LogP) is 4.52. The molecular formula is C25H22FN3O3. The van der Waals surface area contributed by atoms with Gasteiger partial charge in [-0.25, -0.2) is 14.1 Å². The van der Waals surface area contributed by atoms with Crippen LogP contribution in [0.1, 0.15) is 28.1 Å². The Balaban J connectivity index is 1.78. The van der Waals surface area contributed by atoms with Crippen molar-refractivity contribution in [2.24, 2.45) is 0 Å². The van der Waals surface area contributed by atoms with E-state index in [0.29, 0.717) is 16.9 Å². The van der Waals surface area contributed by atoms with Crippen LogP contribution in [0, 0.1) is 33.5 Å². The van der Waals surface area contributed by atoms with Crippen LogP contribution in [0.4, 0.5) is 14.9 Å². The Morgan fingerprint density at radius 1 is 0.875 bits per heavy atom. The van der Waals surface area contributed by atoms with E-state index in [1.165, 1.54) is 18.2 Å². The van der Waals surface area contributed by atoms with Crippen LogP contribution in [0.3, 0.4) is 0 Å². The number of carbonyl (C=O) groups is 3. The zero-order chi connectivity index (χ0) is 23.2. The molecule has 2 heterocycles. The molecule has 0 bridgehead atoms. The number of hydrogen-bond donors (Lipinski definition) is 1. The molecular weight excluding hydrogens is 409 g/mol. The number of anilines is 1. The van der Waals surface area contributed by atoms with Crippen LogP contribution >= 0.6 is 0 Å². The summed E-state index contributed by atoms with van der Waals surface area (Å²) in [5, 5.41) is 2.25. The molecule has 6 nitrogen and oxygen atoms in total. The number of halogens is 1. The molecule has 1 aromatic heterocycles. The van der Waals surface area contributed by atoms with Crippen LogP contribution in [-0.2, 0) is 9.59 Å². The minimum atomic E-state index is -0.785. The molecule has 0 atom stereocenters. The molecule has 0 aliphatic carbocycles. The Morgan fingerprint density at radius 3 is 2.22 bits per heavy atom. The molecule has 1 fully saturated rings. The van der Waals surface area contributed by atoms with E-state index >= 15 is 0 Å². The third-order valence-electron chi connectivity index (χ3n) is 5.40. The first-order chi connectivity index (χ1) is 15.2. The molecule has 1 aliphatic rings. The maximum absolute atomic E-state index is 13.7. The van der Waals surface area contributed by atoms with Crippen molar-refractivity contribution < 1.29 is 18.8 Å². The Morgan fingerprint density at radius 2 is 1.56 bits per heavy atom. The van der Waals surface area contributed by atoms with Gasteiger partial charge in [0.15, 0.2) is 0 Å². The first-order valence-corrected chi connectivity index (χ1v) is 10.1. The number of nitrogens with one attached hydrogen (secondary N) is 1. The molecule has 4 amide bonds. The lowest BCUT2D eigenvalue weighted by Crippen LogP contribution is -2.54. The van der Waals surface area contributed by atoms with Gasteiger partial charge in [0.05, 0.1) is 5.69 Å². The second-order valence-electron chi connectivity index (χ2n) is 7.95. The number of aryl methyl sites for hydroxylation is 3. The first kappa shape index (κ1) is 21.2. The van der Waals surface area contributed by atoms with Gasteiger partial charge in [-0.3, -0.25) is 14.9 Å². The number of benzene rings is 2. The molecule has 2 aromatic carbocycles. The van der Waals surface area contributed by atoms with E-state index in [2.05, 4.69) is 5.32 Å². The van der Waals surface area contributed by atoms with Crippen molar-refractivity contribution >= 4 is 29.6 Å². The fourth-order valence-electron chi connectivity index (χ4n) is 4.07. The van der Waals surface area contributed by atoms with Gasteiger partial charge in [-0.1, -0.05) is 12.1 Å². The second-order valence-corrected chi connectivity index (χ2v) is 7.95. The standard InChI is InChI=1S/C25H22FN3O3/c1-14-8-15(2)10-21(9-14)29-24(31)22(23(30)27-25(29)32)12-18-11-16(3)28(17(18)4)20-7-5-6-19(26)13-20/h5-13H,1-4H3,(H,27,30,32)/b22-12+. The fourth-order valence-corrected chi connectivity index (χ4v) is 4.07. The number of amides is 4. The van der Waals surface area contributed by atoms with Gasteiger partial charge in [0.1, 0.15) is 11.4 Å². The van der Waals surface area contributed by atoms with Gasteiger partial charge in [-0.15, -0.1) is 0 Å². The van der Waals surface area contributed by atoms with Crippen molar-refractivity contribution in [1.82, 2.24) is 9.88 Å². The van der Waals surface area contributed by atoms with Crippen LogP contribution in [0.5, 0.6) is 0 Å². The number of aromatic nitrogens is 1. The molecule has 4 rings (SSSR count). The van der Waals surface area contributed by atoms with E-state index < -0.39 is 17.8 Å². The number of rotatable bonds is 3. The van der Waals surface area contributed by atoms with Gasteiger partial charge >= 0.3 is 6.03 Å². The molecule has 0 spiro atoms. The second kappa shape index (κ2) is 7.92. The van der Waals surface area contributed by atoms with Gasteiger partial charge in [-0.2, -0.15) is 0 Å². The first-order valence-electron chi connectivity index (χ1n) is 10.1. The smallest absolute Gasteiger partial charge is 0.318 e. The van der Waals surface area contributed by atoms with E-state index in [9.17, 15) is 18.8 Å². The summed E-state index contributed by atoms with van der Waals surface area (Å²) in [7, 11) is 0. The molecule has 0 radical (unpaired) electrons. The summed E-state index contributed by atoms with van der Waals surface area (Å²) in [6, 6.07) is 12.6. The Kier molecular flexibility index (Phi) is 5.26. The lowest BCUT2D eigenvalue weighted by Gasteiger charge is -2.27. The number of barbiturate groups is 1. The van der Waals surface area contributed by atoms with E-state index in [0.717, 1.165) is 27.4 Å². The average Bonchev–Trinajstić information content (AvgIpc) is 2.97. The zero-order valence-electron chi connectivity index (χ0n) is 18.2. The highest BCUT2D eigenvalue weighted by Gasteiger charge is 2.37. The van der Waals surface area contributed by atoms with Crippen molar-refractivity contribution in [1.29, 1.82) is 0 Å². The van der Waals surface area contributed by atoms with E-state index in [1.54, 1.807) is 24.3 Å². The van der Waals surface area contributed by atoms with Crippen LogP contribution in [0.2, 0.25) is 0 Å². The van der Waals surface area contributed by atoms with E-state index in [4.69, 9.17) is 0 Å². The third kappa shape index (κ3) is 3.73. The van der Waals surface area contributed by atoms with Gasteiger partial charge in [0.25, 0.3) is 11.8 Å². The number of urea groups is 1. The summed E-state index contributed by atoms with van der Waals surface area (Å²) in [5.74, 6) is -1.81. The van der Waals surface area contributed by atoms with Crippen LogP contribution in [0.15, 0.2) is 54.1 Å². The molecule has 7 heteroatoms. The maximum atomic E-state index is 13.7. The number of imide groups is 2. The molecule has 0 unspecified atom stereocenters. The summed E-state index contributed by atoms with van der Waals surface area (Å²) in [6.07, 6.45) is 1.47. The van der Waals surface area contributed by atoms with E-state index in [-0.39, 0.29) is 11.4 Å². The highest BCUT2D eigenvalue weighted by Crippen LogP contribution is 2.27. The number of nitrogens with zero attached hydrogens (tertiary/aromatic N) is 2. The molecule has 162 valence electrons. The van der Waals surface area contributed by atoms with Crippen LogP contribution < -0.4 is 10.2 Å². The van der Waals surface area contributed by atoms with Crippen molar-refractivity contribution in [2.45, 2.75) is 27.7 Å². The van der Waals surface area contributed by atoms with Gasteiger partial charge in [-0.05, 0) is 86.9 Å². The summed E-state index contributed by atoms with van der Waals surface area (Å²) >= 11 is 0. The third-order valence-corrected chi connectivity index (χ3v) is 5.40. The average molecular weight is 431 g/mol. The van der Waals surface area contributed by atoms with Crippen LogP contribution in [-0.4, -0.2) is 22.4 Å². The Hall–Kier alpha value is -4.00. The monoisotopic (exact) mass is 431 g/mol. The summed E-state index contributed by atoms with van der Waals surface area (Å²) in [4.78, 5) is 39.2. The van der Waals surface area contributed by atoms with Crippen molar-refractivity contribution in [3.63, 3.8) is 0 Å². The minimum Gasteiger partial charge on any atom is -0.318 e. The fraction of sp³-hybridized carbons (Fsp3) is 0.160.